The first-order valence-corrected chi connectivity index (χ1v) is 7.77. The van der Waals surface area contributed by atoms with Gasteiger partial charge in [0.25, 0.3) is 0 Å². The van der Waals surface area contributed by atoms with E-state index >= 15 is 0 Å². The minimum absolute atomic E-state index is 0.0727. The van der Waals surface area contributed by atoms with E-state index in [1.807, 2.05) is 13.0 Å². The van der Waals surface area contributed by atoms with Crippen molar-refractivity contribution >= 4 is 5.69 Å². The predicted molar refractivity (Wildman–Crippen MR) is 83.4 cm³/mol. The second-order valence-corrected chi connectivity index (χ2v) is 5.98. The summed E-state index contributed by atoms with van der Waals surface area (Å²) < 4.78 is 5.51. The van der Waals surface area contributed by atoms with Gasteiger partial charge in [-0.05, 0) is 50.5 Å². The molecule has 0 radical (unpaired) electrons. The Morgan fingerprint density at radius 3 is 2.60 bits per heavy atom. The summed E-state index contributed by atoms with van der Waals surface area (Å²) in [6.45, 7) is 5.93. The highest BCUT2D eigenvalue weighted by atomic mass is 16.5. The Labute approximate surface area is 122 Å². The van der Waals surface area contributed by atoms with E-state index in [1.54, 1.807) is 0 Å². The van der Waals surface area contributed by atoms with Gasteiger partial charge in [-0.2, -0.15) is 0 Å². The molecule has 1 fully saturated rings. The van der Waals surface area contributed by atoms with E-state index in [0.29, 0.717) is 6.61 Å². The third-order valence-corrected chi connectivity index (χ3v) is 4.41. The molecular formula is C17H27NO2. The summed E-state index contributed by atoms with van der Waals surface area (Å²) in [6.07, 6.45) is 6.05. The van der Waals surface area contributed by atoms with E-state index in [4.69, 9.17) is 4.74 Å². The second-order valence-electron chi connectivity index (χ2n) is 5.98. The highest BCUT2D eigenvalue weighted by Crippen LogP contribution is 2.36. The Hall–Kier alpha value is -1.22. The van der Waals surface area contributed by atoms with Crippen molar-refractivity contribution in [3.05, 3.63) is 23.8 Å². The Morgan fingerprint density at radius 1 is 1.25 bits per heavy atom. The van der Waals surface area contributed by atoms with Crippen LogP contribution in [0.4, 0.5) is 5.69 Å². The summed E-state index contributed by atoms with van der Waals surface area (Å²) in [5.74, 6) is 0.921. The topological polar surface area (TPSA) is 41.5 Å². The molecule has 3 heteroatoms. The van der Waals surface area contributed by atoms with Crippen molar-refractivity contribution in [1.29, 1.82) is 0 Å². The number of anilines is 1. The van der Waals surface area contributed by atoms with Crippen LogP contribution in [-0.4, -0.2) is 24.9 Å². The van der Waals surface area contributed by atoms with Crippen molar-refractivity contribution < 1.29 is 9.84 Å². The molecule has 0 saturated heterocycles. The summed E-state index contributed by atoms with van der Waals surface area (Å²) >= 11 is 0. The zero-order valence-corrected chi connectivity index (χ0v) is 12.7. The van der Waals surface area contributed by atoms with Gasteiger partial charge in [-0.25, -0.2) is 0 Å². The minimum atomic E-state index is 0.0727. The van der Waals surface area contributed by atoms with E-state index in [-0.39, 0.29) is 12.0 Å². The summed E-state index contributed by atoms with van der Waals surface area (Å²) in [5, 5.41) is 13.3. The van der Waals surface area contributed by atoms with E-state index in [0.717, 1.165) is 30.8 Å². The van der Waals surface area contributed by atoms with E-state index < -0.39 is 0 Å². The van der Waals surface area contributed by atoms with Gasteiger partial charge in [-0.3, -0.25) is 0 Å². The van der Waals surface area contributed by atoms with Crippen molar-refractivity contribution in [2.24, 2.45) is 5.41 Å². The standard InChI is InChI=1S/C17H27NO2/c1-3-20-15-7-8-16(14(2)11-15)18-12-17(13-19)9-5-4-6-10-17/h7-8,11,18-19H,3-6,9-10,12-13H2,1-2H3. The van der Waals surface area contributed by atoms with Crippen LogP contribution < -0.4 is 10.1 Å². The number of aryl methyl sites for hydroxylation is 1. The molecule has 0 unspecified atom stereocenters. The fourth-order valence-electron chi connectivity index (χ4n) is 3.07. The molecule has 0 spiro atoms. The summed E-state index contributed by atoms with van der Waals surface area (Å²) in [7, 11) is 0. The van der Waals surface area contributed by atoms with E-state index in [2.05, 4.69) is 24.4 Å². The summed E-state index contributed by atoms with van der Waals surface area (Å²) in [4.78, 5) is 0. The molecule has 1 saturated carbocycles. The molecule has 0 atom stereocenters. The van der Waals surface area contributed by atoms with Crippen LogP contribution in [0.3, 0.4) is 0 Å². The number of ether oxygens (including phenoxy) is 1. The van der Waals surface area contributed by atoms with Crippen LogP contribution >= 0.6 is 0 Å². The SMILES string of the molecule is CCOc1ccc(NCC2(CO)CCCCC2)c(C)c1. The number of hydrogen-bond acceptors (Lipinski definition) is 3. The van der Waals surface area contributed by atoms with Gasteiger partial charge in [0.2, 0.25) is 0 Å². The monoisotopic (exact) mass is 277 g/mol. The van der Waals surface area contributed by atoms with Crippen molar-refractivity contribution in [2.75, 3.05) is 25.1 Å². The van der Waals surface area contributed by atoms with E-state index in [9.17, 15) is 5.11 Å². The van der Waals surface area contributed by atoms with Gasteiger partial charge in [-0.1, -0.05) is 19.3 Å². The minimum Gasteiger partial charge on any atom is -0.494 e. The molecular weight excluding hydrogens is 250 g/mol. The lowest BCUT2D eigenvalue weighted by Gasteiger charge is -2.36. The fourth-order valence-corrected chi connectivity index (χ4v) is 3.07. The Kier molecular flexibility index (Phi) is 5.30. The van der Waals surface area contributed by atoms with Crippen molar-refractivity contribution in [3.8, 4) is 5.75 Å². The third kappa shape index (κ3) is 3.66. The molecule has 0 aliphatic heterocycles. The van der Waals surface area contributed by atoms with Crippen molar-refractivity contribution in [3.63, 3.8) is 0 Å². The van der Waals surface area contributed by atoms with Crippen LogP contribution in [0.25, 0.3) is 0 Å². The molecule has 0 amide bonds. The molecule has 2 rings (SSSR count). The van der Waals surface area contributed by atoms with Crippen LogP contribution in [0.1, 0.15) is 44.6 Å². The van der Waals surface area contributed by atoms with Crippen LogP contribution in [0.15, 0.2) is 18.2 Å². The van der Waals surface area contributed by atoms with Gasteiger partial charge in [0.15, 0.2) is 0 Å². The first-order chi connectivity index (χ1) is 9.69. The Morgan fingerprint density at radius 2 is 2.00 bits per heavy atom. The quantitative estimate of drug-likeness (QED) is 0.832. The maximum Gasteiger partial charge on any atom is 0.119 e. The van der Waals surface area contributed by atoms with Crippen LogP contribution in [-0.2, 0) is 0 Å². The predicted octanol–water partition coefficient (Wildman–Crippen LogP) is 3.75. The molecule has 0 bridgehead atoms. The molecule has 1 aromatic carbocycles. The zero-order chi connectivity index (χ0) is 14.4. The average molecular weight is 277 g/mol. The van der Waals surface area contributed by atoms with Crippen LogP contribution in [0.2, 0.25) is 0 Å². The fraction of sp³-hybridized carbons (Fsp3) is 0.647. The zero-order valence-electron chi connectivity index (χ0n) is 12.7. The largest absolute Gasteiger partial charge is 0.494 e. The van der Waals surface area contributed by atoms with Gasteiger partial charge in [0.1, 0.15) is 5.75 Å². The van der Waals surface area contributed by atoms with Crippen molar-refractivity contribution in [2.45, 2.75) is 46.0 Å². The number of aliphatic hydroxyl groups excluding tert-OH is 1. The van der Waals surface area contributed by atoms with Gasteiger partial charge < -0.3 is 15.2 Å². The molecule has 1 aliphatic carbocycles. The maximum absolute atomic E-state index is 9.74. The van der Waals surface area contributed by atoms with E-state index in [1.165, 1.54) is 24.8 Å². The molecule has 1 aromatic rings. The molecule has 112 valence electrons. The lowest BCUT2D eigenvalue weighted by Crippen LogP contribution is -2.35. The molecule has 2 N–H and O–H groups in total. The third-order valence-electron chi connectivity index (χ3n) is 4.41. The van der Waals surface area contributed by atoms with Gasteiger partial charge in [0, 0.05) is 17.6 Å². The van der Waals surface area contributed by atoms with Gasteiger partial charge in [-0.15, -0.1) is 0 Å². The average Bonchev–Trinajstić information content (AvgIpc) is 2.48. The van der Waals surface area contributed by atoms with Gasteiger partial charge in [0.05, 0.1) is 13.2 Å². The highest BCUT2D eigenvalue weighted by Gasteiger charge is 2.31. The molecule has 0 heterocycles. The molecule has 0 aromatic heterocycles. The number of hydrogen-bond donors (Lipinski definition) is 2. The molecule has 1 aliphatic rings. The smallest absolute Gasteiger partial charge is 0.119 e. The van der Waals surface area contributed by atoms with Gasteiger partial charge >= 0.3 is 0 Å². The number of benzene rings is 1. The summed E-state index contributed by atoms with van der Waals surface area (Å²) in [6, 6.07) is 6.15. The number of rotatable bonds is 6. The number of nitrogens with one attached hydrogen (secondary N) is 1. The van der Waals surface area contributed by atoms with Crippen LogP contribution in [0.5, 0.6) is 5.75 Å². The first-order valence-electron chi connectivity index (χ1n) is 7.77. The lowest BCUT2D eigenvalue weighted by molar-refractivity contribution is 0.0944. The second kappa shape index (κ2) is 6.98. The maximum atomic E-state index is 9.74. The van der Waals surface area contributed by atoms with Crippen molar-refractivity contribution in [1.82, 2.24) is 0 Å². The molecule has 3 nitrogen and oxygen atoms in total. The summed E-state index contributed by atoms with van der Waals surface area (Å²) in [5.41, 5.74) is 2.41. The highest BCUT2D eigenvalue weighted by molar-refractivity contribution is 5.53. The van der Waals surface area contributed by atoms with Crippen LogP contribution in [0, 0.1) is 12.3 Å². The molecule has 20 heavy (non-hydrogen) atoms. The Bertz CT molecular complexity index is 425. The number of aliphatic hydroxyl groups is 1. The lowest BCUT2D eigenvalue weighted by atomic mass is 9.74. The normalized spacial score (nSPS) is 17.8. The Balaban J connectivity index is 1.99. The first kappa shape index (κ1) is 15.2.